The molecule has 1 aliphatic heterocycles. The highest BCUT2D eigenvalue weighted by Gasteiger charge is 2.13. The molecule has 0 saturated carbocycles. The molecule has 0 unspecified atom stereocenters. The number of hydrogen-bond donors (Lipinski definition) is 1. The molecule has 0 saturated heterocycles. The van der Waals surface area contributed by atoms with Gasteiger partial charge in [-0.15, -0.1) is 0 Å². The Bertz CT molecular complexity index is 815. The molecule has 0 aromatic heterocycles. The van der Waals surface area contributed by atoms with Crippen LogP contribution < -0.4 is 18.9 Å². The summed E-state index contributed by atoms with van der Waals surface area (Å²) in [5.74, 6) is 1.51. The second kappa shape index (κ2) is 7.82. The van der Waals surface area contributed by atoms with Crippen LogP contribution in [0.5, 0.6) is 28.7 Å². The summed E-state index contributed by atoms with van der Waals surface area (Å²) >= 11 is 0. The van der Waals surface area contributed by atoms with E-state index in [0.717, 1.165) is 6.42 Å². The molecular formula is C20H20O6. The number of ether oxygens (including phenoxy) is 4. The number of phenols is 1. The number of benzene rings is 2. The number of fused-ring (bicyclic) bond motifs is 1. The Hall–Kier alpha value is -3.15. The zero-order valence-electron chi connectivity index (χ0n) is 14.7. The van der Waals surface area contributed by atoms with E-state index in [-0.39, 0.29) is 23.0 Å². The molecule has 1 aliphatic rings. The Morgan fingerprint density at radius 1 is 1.04 bits per heavy atom. The highest BCUT2D eigenvalue weighted by Crippen LogP contribution is 2.37. The lowest BCUT2D eigenvalue weighted by atomic mass is 10.1. The summed E-state index contributed by atoms with van der Waals surface area (Å²) in [6, 6.07) is 8.38. The van der Waals surface area contributed by atoms with Crippen molar-refractivity contribution in [1.29, 1.82) is 0 Å². The van der Waals surface area contributed by atoms with E-state index in [1.165, 1.54) is 20.3 Å². The highest BCUT2D eigenvalue weighted by atomic mass is 16.5. The largest absolute Gasteiger partial charge is 0.502 e. The van der Waals surface area contributed by atoms with Crippen molar-refractivity contribution in [3.8, 4) is 28.7 Å². The third-order valence-electron chi connectivity index (χ3n) is 3.96. The third-order valence-corrected chi connectivity index (χ3v) is 3.96. The average Bonchev–Trinajstić information content (AvgIpc) is 2.91. The molecule has 1 heterocycles. The van der Waals surface area contributed by atoms with Gasteiger partial charge in [0.2, 0.25) is 5.75 Å². The SMILES string of the molecule is COc1cc(/C=C/C(=O)c2ccc3c(c2)OCCCO3)cc(OC)c1O. The van der Waals surface area contributed by atoms with E-state index in [9.17, 15) is 9.90 Å². The zero-order chi connectivity index (χ0) is 18.5. The van der Waals surface area contributed by atoms with E-state index in [1.54, 1.807) is 36.4 Å². The molecule has 1 N–H and O–H groups in total. The zero-order valence-corrected chi connectivity index (χ0v) is 14.7. The van der Waals surface area contributed by atoms with Crippen molar-refractivity contribution >= 4 is 11.9 Å². The summed E-state index contributed by atoms with van der Waals surface area (Å²) in [5, 5.41) is 9.94. The topological polar surface area (TPSA) is 74.2 Å². The molecule has 0 atom stereocenters. The van der Waals surface area contributed by atoms with E-state index < -0.39 is 0 Å². The molecule has 0 amide bonds. The molecule has 0 fully saturated rings. The number of carbonyl (C=O) groups is 1. The summed E-state index contributed by atoms with van der Waals surface area (Å²) in [5.41, 5.74) is 1.17. The minimum absolute atomic E-state index is 0.0821. The standard InChI is InChI=1S/C20H20O6/c1-23-18-10-13(11-19(24-2)20(18)22)4-6-15(21)14-5-7-16-17(12-14)26-9-3-8-25-16/h4-7,10-12,22H,3,8-9H2,1-2H3/b6-4+. The van der Waals surface area contributed by atoms with Gasteiger partial charge in [-0.25, -0.2) is 0 Å². The molecule has 0 bridgehead atoms. The maximum Gasteiger partial charge on any atom is 0.200 e. The molecule has 3 rings (SSSR count). The van der Waals surface area contributed by atoms with Crippen molar-refractivity contribution in [2.24, 2.45) is 0 Å². The first-order chi connectivity index (χ1) is 12.6. The monoisotopic (exact) mass is 356 g/mol. The molecule has 2 aromatic rings. The van der Waals surface area contributed by atoms with Gasteiger partial charge in [-0.2, -0.15) is 0 Å². The van der Waals surface area contributed by atoms with Gasteiger partial charge in [-0.05, 0) is 42.0 Å². The molecule has 0 radical (unpaired) electrons. The Morgan fingerprint density at radius 3 is 2.35 bits per heavy atom. The van der Waals surface area contributed by atoms with E-state index in [0.29, 0.717) is 35.8 Å². The predicted octanol–water partition coefficient (Wildman–Crippen LogP) is 3.47. The minimum atomic E-state index is -0.174. The van der Waals surface area contributed by atoms with Crippen LogP contribution in [0.2, 0.25) is 0 Å². The van der Waals surface area contributed by atoms with E-state index in [2.05, 4.69) is 0 Å². The van der Waals surface area contributed by atoms with Crippen molar-refractivity contribution < 1.29 is 28.8 Å². The number of carbonyl (C=O) groups excluding carboxylic acids is 1. The molecule has 26 heavy (non-hydrogen) atoms. The van der Waals surface area contributed by atoms with Gasteiger partial charge in [0.05, 0.1) is 27.4 Å². The number of methoxy groups -OCH3 is 2. The number of aromatic hydroxyl groups is 1. The average molecular weight is 356 g/mol. The maximum atomic E-state index is 12.5. The van der Waals surface area contributed by atoms with Crippen LogP contribution in [0.3, 0.4) is 0 Å². The fourth-order valence-corrected chi connectivity index (χ4v) is 2.59. The first-order valence-corrected chi connectivity index (χ1v) is 8.19. The predicted molar refractivity (Wildman–Crippen MR) is 96.6 cm³/mol. The number of allylic oxidation sites excluding steroid dienone is 1. The van der Waals surface area contributed by atoms with Crippen LogP contribution in [0.15, 0.2) is 36.4 Å². The first kappa shape index (κ1) is 17.7. The normalized spacial score (nSPS) is 13.3. The second-order valence-electron chi connectivity index (χ2n) is 5.68. The lowest BCUT2D eigenvalue weighted by Crippen LogP contribution is -1.98. The third kappa shape index (κ3) is 3.74. The summed E-state index contributed by atoms with van der Waals surface area (Å²) in [4.78, 5) is 12.5. The fraction of sp³-hybridized carbons (Fsp3) is 0.250. The van der Waals surface area contributed by atoms with Crippen molar-refractivity contribution in [2.45, 2.75) is 6.42 Å². The highest BCUT2D eigenvalue weighted by molar-refractivity contribution is 6.07. The Morgan fingerprint density at radius 2 is 1.69 bits per heavy atom. The van der Waals surface area contributed by atoms with Gasteiger partial charge in [0, 0.05) is 12.0 Å². The molecule has 2 aromatic carbocycles. The molecule has 0 aliphatic carbocycles. The van der Waals surface area contributed by atoms with Crippen molar-refractivity contribution in [3.05, 3.63) is 47.5 Å². The van der Waals surface area contributed by atoms with Crippen molar-refractivity contribution in [3.63, 3.8) is 0 Å². The van der Waals surface area contributed by atoms with Crippen LogP contribution in [0, 0.1) is 0 Å². The van der Waals surface area contributed by atoms with Crippen LogP contribution in [0.25, 0.3) is 6.08 Å². The summed E-state index contributed by atoms with van der Waals surface area (Å²) in [7, 11) is 2.90. The van der Waals surface area contributed by atoms with Crippen LogP contribution in [0.4, 0.5) is 0 Å². The van der Waals surface area contributed by atoms with Crippen LogP contribution in [-0.4, -0.2) is 38.3 Å². The summed E-state index contributed by atoms with van der Waals surface area (Å²) in [6.45, 7) is 1.16. The van der Waals surface area contributed by atoms with E-state index in [4.69, 9.17) is 18.9 Å². The first-order valence-electron chi connectivity index (χ1n) is 8.19. The molecule has 6 heteroatoms. The fourth-order valence-electron chi connectivity index (χ4n) is 2.59. The van der Waals surface area contributed by atoms with Crippen LogP contribution in [0.1, 0.15) is 22.3 Å². The van der Waals surface area contributed by atoms with E-state index >= 15 is 0 Å². The Labute approximate surface area is 151 Å². The Balaban J connectivity index is 1.83. The lowest BCUT2D eigenvalue weighted by molar-refractivity contribution is 0.104. The lowest BCUT2D eigenvalue weighted by Gasteiger charge is -2.09. The maximum absolute atomic E-state index is 12.5. The van der Waals surface area contributed by atoms with Crippen molar-refractivity contribution in [2.75, 3.05) is 27.4 Å². The van der Waals surface area contributed by atoms with Gasteiger partial charge in [0.15, 0.2) is 28.8 Å². The quantitative estimate of drug-likeness (QED) is 0.653. The van der Waals surface area contributed by atoms with Gasteiger partial charge in [0.1, 0.15) is 0 Å². The van der Waals surface area contributed by atoms with Gasteiger partial charge in [-0.1, -0.05) is 6.08 Å². The smallest absolute Gasteiger partial charge is 0.200 e. The van der Waals surface area contributed by atoms with Crippen LogP contribution >= 0.6 is 0 Å². The van der Waals surface area contributed by atoms with Gasteiger partial charge < -0.3 is 24.1 Å². The molecule has 0 spiro atoms. The van der Waals surface area contributed by atoms with Gasteiger partial charge in [-0.3, -0.25) is 4.79 Å². The molecule has 6 nitrogen and oxygen atoms in total. The number of rotatable bonds is 5. The summed E-state index contributed by atoms with van der Waals surface area (Å²) < 4.78 is 21.4. The van der Waals surface area contributed by atoms with Gasteiger partial charge in [0.25, 0.3) is 0 Å². The Kier molecular flexibility index (Phi) is 5.31. The summed E-state index contributed by atoms with van der Waals surface area (Å²) in [6.07, 6.45) is 3.89. The number of hydrogen-bond acceptors (Lipinski definition) is 6. The molecule has 136 valence electrons. The minimum Gasteiger partial charge on any atom is -0.502 e. The van der Waals surface area contributed by atoms with Crippen LogP contribution in [-0.2, 0) is 0 Å². The second-order valence-corrected chi connectivity index (χ2v) is 5.68. The van der Waals surface area contributed by atoms with Crippen molar-refractivity contribution in [1.82, 2.24) is 0 Å². The van der Waals surface area contributed by atoms with E-state index in [1.807, 2.05) is 0 Å². The molecular weight excluding hydrogens is 336 g/mol. The van der Waals surface area contributed by atoms with Gasteiger partial charge >= 0.3 is 0 Å². The number of ketones is 1. The number of phenolic OH excluding ortho intramolecular Hbond substituents is 1.